The van der Waals surface area contributed by atoms with Gasteiger partial charge < -0.3 is 10.6 Å². The number of nitrogens with one attached hydrogen (secondary N) is 3. The van der Waals surface area contributed by atoms with Crippen molar-refractivity contribution in [2.75, 3.05) is 26.2 Å². The Labute approximate surface area is 120 Å². The molecular weight excluding hydrogens is 256 g/mol. The molecule has 3 N–H and O–H groups in total. The Kier molecular flexibility index (Phi) is 4.99. The maximum atomic E-state index is 12.2. The van der Waals surface area contributed by atoms with Crippen LogP contribution in [0, 0.1) is 11.8 Å². The van der Waals surface area contributed by atoms with Gasteiger partial charge in [0.15, 0.2) is 0 Å². The highest BCUT2D eigenvalue weighted by Crippen LogP contribution is 2.35. The Hall–Kier alpha value is -1.14. The molecule has 2 aliphatic heterocycles. The maximum absolute atomic E-state index is 12.2. The third-order valence-electron chi connectivity index (χ3n) is 4.63. The fourth-order valence-corrected chi connectivity index (χ4v) is 3.61. The van der Waals surface area contributed by atoms with Crippen molar-refractivity contribution in [1.29, 1.82) is 0 Å². The number of carbonyl (C=O) groups excluding carboxylic acids is 2. The monoisotopic (exact) mass is 282 g/mol. The topological polar surface area (TPSA) is 73.5 Å². The zero-order valence-corrected chi connectivity index (χ0v) is 12.6. The average Bonchev–Trinajstić information content (AvgIpc) is 2.97. The number of nitrogens with zero attached hydrogens (tertiary/aromatic N) is 1. The van der Waals surface area contributed by atoms with Crippen LogP contribution in [0.3, 0.4) is 0 Å². The van der Waals surface area contributed by atoms with Crippen LogP contribution in [0.4, 0.5) is 4.79 Å². The first-order chi connectivity index (χ1) is 9.58. The van der Waals surface area contributed by atoms with Crippen LogP contribution in [0.25, 0.3) is 0 Å². The summed E-state index contributed by atoms with van der Waals surface area (Å²) in [6.45, 7) is 9.45. The molecule has 4 unspecified atom stereocenters. The Balaban J connectivity index is 1.96. The Morgan fingerprint density at radius 3 is 2.75 bits per heavy atom. The lowest BCUT2D eigenvalue weighted by atomic mass is 9.92. The normalized spacial score (nSPS) is 30.9. The van der Waals surface area contributed by atoms with Crippen molar-refractivity contribution in [1.82, 2.24) is 20.9 Å². The van der Waals surface area contributed by atoms with Crippen LogP contribution in [0.2, 0.25) is 0 Å². The first-order valence-electron chi connectivity index (χ1n) is 7.63. The van der Waals surface area contributed by atoms with Crippen molar-refractivity contribution in [3.8, 4) is 0 Å². The quantitative estimate of drug-likeness (QED) is 0.686. The van der Waals surface area contributed by atoms with Gasteiger partial charge in [-0.2, -0.15) is 0 Å². The highest BCUT2D eigenvalue weighted by Gasteiger charge is 2.45. The van der Waals surface area contributed by atoms with Crippen LogP contribution in [0.15, 0.2) is 0 Å². The molecule has 2 heterocycles. The second-order valence-electron chi connectivity index (χ2n) is 5.78. The number of likely N-dealkylation sites (tertiary alicyclic amines) is 1. The number of amides is 3. The fraction of sp³-hybridized carbons (Fsp3) is 0.857. The molecule has 0 aliphatic carbocycles. The number of rotatable bonds is 4. The summed E-state index contributed by atoms with van der Waals surface area (Å²) >= 11 is 0. The molecule has 0 spiro atoms. The van der Waals surface area contributed by atoms with E-state index in [1.165, 1.54) is 0 Å². The molecule has 20 heavy (non-hydrogen) atoms. The fourth-order valence-electron chi connectivity index (χ4n) is 3.61. The van der Waals surface area contributed by atoms with Gasteiger partial charge in [-0.25, -0.2) is 4.79 Å². The summed E-state index contributed by atoms with van der Waals surface area (Å²) in [6.07, 6.45) is 1.04. The van der Waals surface area contributed by atoms with Crippen molar-refractivity contribution in [3.05, 3.63) is 0 Å². The van der Waals surface area contributed by atoms with Crippen molar-refractivity contribution in [3.63, 3.8) is 0 Å². The van der Waals surface area contributed by atoms with Gasteiger partial charge in [0.25, 0.3) is 0 Å². The summed E-state index contributed by atoms with van der Waals surface area (Å²) < 4.78 is 0. The van der Waals surface area contributed by atoms with Crippen LogP contribution >= 0.6 is 0 Å². The minimum Gasteiger partial charge on any atom is -0.338 e. The maximum Gasteiger partial charge on any atom is 0.321 e. The van der Waals surface area contributed by atoms with Gasteiger partial charge in [0.05, 0.1) is 6.04 Å². The molecule has 0 aromatic rings. The zero-order valence-electron chi connectivity index (χ0n) is 12.6. The van der Waals surface area contributed by atoms with E-state index in [1.54, 1.807) is 0 Å². The van der Waals surface area contributed by atoms with Crippen LogP contribution in [-0.4, -0.2) is 55.1 Å². The second kappa shape index (κ2) is 6.54. The number of carbonyl (C=O) groups is 2. The van der Waals surface area contributed by atoms with Crippen molar-refractivity contribution >= 4 is 11.9 Å². The molecule has 0 saturated carbocycles. The van der Waals surface area contributed by atoms with Crippen LogP contribution in [-0.2, 0) is 4.79 Å². The highest BCUT2D eigenvalue weighted by atomic mass is 16.2. The third-order valence-corrected chi connectivity index (χ3v) is 4.63. The van der Waals surface area contributed by atoms with Crippen molar-refractivity contribution < 1.29 is 9.59 Å². The van der Waals surface area contributed by atoms with Gasteiger partial charge in [0, 0.05) is 19.1 Å². The van der Waals surface area contributed by atoms with Crippen molar-refractivity contribution in [2.45, 2.75) is 39.3 Å². The number of urea groups is 1. The van der Waals surface area contributed by atoms with Gasteiger partial charge in [-0.3, -0.25) is 15.0 Å². The largest absolute Gasteiger partial charge is 0.338 e. The predicted octanol–water partition coefficient (Wildman–Crippen LogP) is 0.150. The summed E-state index contributed by atoms with van der Waals surface area (Å²) in [6, 6.07) is -0.225. The summed E-state index contributed by atoms with van der Waals surface area (Å²) in [5.74, 6) is 1.07. The second-order valence-corrected chi connectivity index (χ2v) is 5.78. The molecule has 0 bridgehead atoms. The lowest BCUT2D eigenvalue weighted by molar-refractivity contribution is -0.125. The molecule has 0 aromatic carbocycles. The van der Waals surface area contributed by atoms with E-state index in [2.05, 4.69) is 27.8 Å². The first kappa shape index (κ1) is 15.3. The lowest BCUT2D eigenvalue weighted by Crippen LogP contribution is -2.52. The van der Waals surface area contributed by atoms with Crippen LogP contribution in [0.1, 0.15) is 27.2 Å². The van der Waals surface area contributed by atoms with E-state index in [0.717, 1.165) is 26.1 Å². The molecule has 2 saturated heterocycles. The van der Waals surface area contributed by atoms with Crippen LogP contribution in [0.5, 0.6) is 0 Å². The number of fused-ring (bicyclic) bond motifs is 1. The molecular formula is C14H26N4O2. The Morgan fingerprint density at radius 1 is 1.35 bits per heavy atom. The molecule has 2 rings (SSSR count). The molecule has 2 fully saturated rings. The van der Waals surface area contributed by atoms with E-state index in [0.29, 0.717) is 24.4 Å². The van der Waals surface area contributed by atoms with Gasteiger partial charge in [0.2, 0.25) is 5.91 Å². The third kappa shape index (κ3) is 2.96. The SMILES string of the molecule is CCNC(=O)NC(=O)C(C)N1CC2CNCC2C1CC. The zero-order chi connectivity index (χ0) is 14.7. The molecule has 6 nitrogen and oxygen atoms in total. The number of hydrogen-bond donors (Lipinski definition) is 3. The molecule has 114 valence electrons. The molecule has 0 aromatic heterocycles. The van der Waals surface area contributed by atoms with Crippen LogP contribution < -0.4 is 16.0 Å². The minimum absolute atomic E-state index is 0.206. The van der Waals surface area contributed by atoms with Gasteiger partial charge in [-0.15, -0.1) is 0 Å². The summed E-state index contributed by atoms with van der Waals surface area (Å²) in [5, 5.41) is 8.44. The predicted molar refractivity (Wildman–Crippen MR) is 77.3 cm³/mol. The minimum atomic E-state index is -0.404. The van der Waals surface area contributed by atoms with Gasteiger partial charge in [-0.1, -0.05) is 6.92 Å². The molecule has 6 heteroatoms. The van der Waals surface area contributed by atoms with E-state index in [-0.39, 0.29) is 11.9 Å². The standard InChI is InChI=1S/C14H26N4O2/c1-4-12-11-7-15-6-10(11)8-18(12)9(3)13(19)17-14(20)16-5-2/h9-12,15H,4-8H2,1-3H3,(H2,16,17,19,20). The molecule has 3 amide bonds. The molecule has 2 aliphatic rings. The number of imide groups is 1. The smallest absolute Gasteiger partial charge is 0.321 e. The van der Waals surface area contributed by atoms with E-state index in [1.807, 2.05) is 13.8 Å². The van der Waals surface area contributed by atoms with E-state index >= 15 is 0 Å². The summed E-state index contributed by atoms with van der Waals surface area (Å²) in [7, 11) is 0. The average molecular weight is 282 g/mol. The van der Waals surface area contributed by atoms with E-state index in [4.69, 9.17) is 0 Å². The van der Waals surface area contributed by atoms with Crippen molar-refractivity contribution in [2.24, 2.45) is 11.8 Å². The summed E-state index contributed by atoms with van der Waals surface area (Å²) in [4.78, 5) is 25.9. The Bertz CT molecular complexity index is 374. The lowest BCUT2D eigenvalue weighted by Gasteiger charge is -2.31. The highest BCUT2D eigenvalue weighted by molar-refractivity contribution is 5.96. The first-order valence-corrected chi connectivity index (χ1v) is 7.63. The Morgan fingerprint density at radius 2 is 2.10 bits per heavy atom. The van der Waals surface area contributed by atoms with E-state index in [9.17, 15) is 9.59 Å². The summed E-state index contributed by atoms with van der Waals surface area (Å²) in [5.41, 5.74) is 0. The van der Waals surface area contributed by atoms with E-state index < -0.39 is 6.03 Å². The molecule has 0 radical (unpaired) electrons. The van der Waals surface area contributed by atoms with Gasteiger partial charge in [-0.05, 0) is 45.2 Å². The number of hydrogen-bond acceptors (Lipinski definition) is 4. The molecule has 4 atom stereocenters. The van der Waals surface area contributed by atoms with Gasteiger partial charge >= 0.3 is 6.03 Å². The van der Waals surface area contributed by atoms with Gasteiger partial charge in [0.1, 0.15) is 0 Å².